The topological polar surface area (TPSA) is 140 Å². The number of ether oxygens (including phenoxy) is 2. The van der Waals surface area contributed by atoms with Crippen molar-refractivity contribution in [2.75, 3.05) is 17.7 Å². The molecule has 4 aromatic rings. The van der Waals surface area contributed by atoms with Gasteiger partial charge in [-0.3, -0.25) is 14.5 Å². The molecule has 1 fully saturated rings. The zero-order chi connectivity index (χ0) is 29.2. The Hall–Kier alpha value is -4.61. The highest BCUT2D eigenvalue weighted by Gasteiger charge is 2.54. The summed E-state index contributed by atoms with van der Waals surface area (Å²) in [6.07, 6.45) is -0.699. The van der Waals surface area contributed by atoms with E-state index in [-0.39, 0.29) is 23.6 Å². The molecule has 11 heteroatoms. The first kappa shape index (κ1) is 27.6. The molecule has 2 aliphatic heterocycles. The molecule has 1 unspecified atom stereocenters. The number of hydrogen-bond acceptors (Lipinski definition) is 9. The second kappa shape index (κ2) is 11.7. The number of aromatic nitrogens is 2. The second-order valence-corrected chi connectivity index (χ2v) is 11.1. The largest absolute Gasteiger partial charge is 0.461 e. The number of anilines is 1. The van der Waals surface area contributed by atoms with E-state index in [1.54, 1.807) is 0 Å². The van der Waals surface area contributed by atoms with E-state index in [2.05, 4.69) is 15.3 Å². The van der Waals surface area contributed by atoms with Crippen LogP contribution in [0.2, 0.25) is 0 Å². The fraction of sp³-hybridized carbons (Fsp3) is 0.226. The zero-order valence-electron chi connectivity index (χ0n) is 22.8. The quantitative estimate of drug-likeness (QED) is 0.198. The van der Waals surface area contributed by atoms with Gasteiger partial charge in [0.1, 0.15) is 23.7 Å². The molecule has 10 nitrogen and oxygen atoms in total. The predicted molar refractivity (Wildman–Crippen MR) is 159 cm³/mol. The minimum atomic E-state index is -0.699. The smallest absolute Gasteiger partial charge is 0.356 e. The van der Waals surface area contributed by atoms with Gasteiger partial charge in [-0.2, -0.15) is 0 Å². The summed E-state index contributed by atoms with van der Waals surface area (Å²) in [5.41, 5.74) is 10.5. The van der Waals surface area contributed by atoms with Gasteiger partial charge in [0.2, 0.25) is 5.95 Å². The molecule has 214 valence electrons. The van der Waals surface area contributed by atoms with Gasteiger partial charge < -0.3 is 25.5 Å². The summed E-state index contributed by atoms with van der Waals surface area (Å²) in [7, 11) is 0. The average Bonchev–Trinajstić information content (AvgIpc) is 3.43. The highest BCUT2D eigenvalue weighted by molar-refractivity contribution is 8.00. The summed E-state index contributed by atoms with van der Waals surface area (Å²) in [6.45, 7) is 1.59. The van der Waals surface area contributed by atoms with E-state index in [0.29, 0.717) is 23.8 Å². The van der Waals surface area contributed by atoms with E-state index in [1.165, 1.54) is 23.6 Å². The van der Waals surface area contributed by atoms with E-state index >= 15 is 0 Å². The summed E-state index contributed by atoms with van der Waals surface area (Å²) in [5, 5.41) is 2.81. The van der Waals surface area contributed by atoms with Crippen LogP contribution in [0.1, 0.15) is 29.7 Å². The van der Waals surface area contributed by atoms with E-state index in [4.69, 9.17) is 15.2 Å². The number of nitrogens with one attached hydrogen (secondary N) is 2. The molecule has 0 spiro atoms. The number of aromatic amines is 1. The van der Waals surface area contributed by atoms with Crippen molar-refractivity contribution in [3.8, 4) is 0 Å². The molecule has 0 bridgehead atoms. The molecule has 3 aromatic carbocycles. The normalized spacial score (nSPS) is 18.1. The first-order chi connectivity index (χ1) is 20.4. The number of thioether (sulfide) groups is 1. The zero-order valence-corrected chi connectivity index (χ0v) is 23.6. The van der Waals surface area contributed by atoms with Crippen LogP contribution in [0, 0.1) is 0 Å². The highest BCUT2D eigenvalue weighted by atomic mass is 32.2. The number of carbonyl (C=O) groups is 3. The molecular formula is C31H29N5O5S. The number of fused-ring (bicyclic) bond motifs is 2. The lowest BCUT2D eigenvalue weighted by Crippen LogP contribution is -2.68. The summed E-state index contributed by atoms with van der Waals surface area (Å²) in [6, 6.07) is 23.9. The standard InChI is InChI=1S/C31H29N5O5S/c1-18(37)40-16-22-17-42-29-25(35-31-33-23-13-12-19(15-32)14-24(23)34-31)28(38)36(29)26(22)30(39)41-27(20-8-4-2-5-9-20)21-10-6-3-7-11-21/h2-14,25,27,29H,15-17,32H2,1H3,(H2,33,34,35)/t25-,29?/m1/s1. The molecule has 3 heterocycles. The number of esters is 2. The number of β-lactam (4-membered cyclic amide) rings is 1. The summed E-state index contributed by atoms with van der Waals surface area (Å²) in [5.74, 6) is -0.620. The monoisotopic (exact) mass is 583 g/mol. The van der Waals surface area contributed by atoms with Gasteiger partial charge in [-0.15, -0.1) is 11.8 Å². The third-order valence-corrected chi connectivity index (χ3v) is 8.53. The maximum Gasteiger partial charge on any atom is 0.356 e. The number of H-pyrrole nitrogens is 1. The van der Waals surface area contributed by atoms with Gasteiger partial charge in [0.05, 0.1) is 11.0 Å². The fourth-order valence-electron chi connectivity index (χ4n) is 5.12. The first-order valence-electron chi connectivity index (χ1n) is 13.5. The Morgan fingerprint density at radius 2 is 1.79 bits per heavy atom. The number of nitrogens with zero attached hydrogens (tertiary/aromatic N) is 2. The van der Waals surface area contributed by atoms with Crippen LogP contribution in [0.15, 0.2) is 90.1 Å². The van der Waals surface area contributed by atoms with Gasteiger partial charge in [0.25, 0.3) is 5.91 Å². The Bertz CT molecular complexity index is 1630. The van der Waals surface area contributed by atoms with Gasteiger partial charge in [-0.25, -0.2) is 9.78 Å². The van der Waals surface area contributed by atoms with Crippen molar-refractivity contribution in [1.82, 2.24) is 14.9 Å². The summed E-state index contributed by atoms with van der Waals surface area (Å²) >= 11 is 1.48. The fourth-order valence-corrected chi connectivity index (χ4v) is 6.45. The lowest BCUT2D eigenvalue weighted by molar-refractivity contribution is -0.152. The van der Waals surface area contributed by atoms with Crippen LogP contribution in [-0.4, -0.2) is 56.5 Å². The van der Waals surface area contributed by atoms with Crippen molar-refractivity contribution in [2.45, 2.75) is 31.0 Å². The van der Waals surface area contributed by atoms with Crippen LogP contribution >= 0.6 is 11.8 Å². The molecule has 42 heavy (non-hydrogen) atoms. The van der Waals surface area contributed by atoms with Crippen molar-refractivity contribution < 1.29 is 23.9 Å². The van der Waals surface area contributed by atoms with Crippen LogP contribution < -0.4 is 11.1 Å². The van der Waals surface area contributed by atoms with Gasteiger partial charge >= 0.3 is 11.9 Å². The van der Waals surface area contributed by atoms with Gasteiger partial charge in [-0.1, -0.05) is 66.7 Å². The maximum absolute atomic E-state index is 13.9. The molecule has 2 atom stereocenters. The van der Waals surface area contributed by atoms with Crippen molar-refractivity contribution in [2.24, 2.45) is 5.73 Å². The molecule has 4 N–H and O–H groups in total. The molecule has 0 aliphatic carbocycles. The van der Waals surface area contributed by atoms with Crippen molar-refractivity contribution in [3.63, 3.8) is 0 Å². The summed E-state index contributed by atoms with van der Waals surface area (Å²) < 4.78 is 11.4. The minimum Gasteiger partial charge on any atom is -0.461 e. The van der Waals surface area contributed by atoms with Crippen LogP contribution in [0.25, 0.3) is 11.0 Å². The van der Waals surface area contributed by atoms with Gasteiger partial charge in [0, 0.05) is 24.8 Å². The number of hydrogen-bond donors (Lipinski definition) is 3. The lowest BCUT2D eigenvalue weighted by Gasteiger charge is -2.49. The number of amides is 1. The third kappa shape index (κ3) is 5.36. The molecule has 1 amide bonds. The minimum absolute atomic E-state index is 0.108. The Labute approximate surface area is 246 Å². The van der Waals surface area contributed by atoms with Crippen molar-refractivity contribution >= 4 is 46.6 Å². The van der Waals surface area contributed by atoms with Gasteiger partial charge in [-0.05, 0) is 28.8 Å². The van der Waals surface area contributed by atoms with Crippen molar-refractivity contribution in [3.05, 3.63) is 107 Å². The molecule has 2 aliphatic rings. The molecule has 0 radical (unpaired) electrons. The van der Waals surface area contributed by atoms with E-state index in [9.17, 15) is 14.4 Å². The molecule has 1 aromatic heterocycles. The predicted octanol–water partition coefficient (Wildman–Crippen LogP) is 3.87. The number of imidazole rings is 1. The highest BCUT2D eigenvalue weighted by Crippen LogP contribution is 2.42. The second-order valence-electron chi connectivity index (χ2n) is 10.0. The Balaban J connectivity index is 1.28. The number of rotatable bonds is 9. The SMILES string of the molecule is CC(=O)OCC1=C(C(=O)OC(c2ccccc2)c2ccccc2)N2C(=O)[C@@H](Nc3nc4ccc(CN)cc4[nH]3)C2SC1. The third-order valence-electron chi connectivity index (χ3n) is 7.19. The van der Waals surface area contributed by atoms with Crippen LogP contribution in [-0.2, 0) is 30.4 Å². The lowest BCUT2D eigenvalue weighted by atomic mass is 10.0. The number of nitrogens with two attached hydrogens (primary N) is 1. The van der Waals surface area contributed by atoms with Crippen LogP contribution in [0.5, 0.6) is 0 Å². The molecular weight excluding hydrogens is 554 g/mol. The molecule has 1 saturated heterocycles. The van der Waals surface area contributed by atoms with E-state index < -0.39 is 24.1 Å². The Kier molecular flexibility index (Phi) is 7.68. The van der Waals surface area contributed by atoms with Crippen molar-refractivity contribution in [1.29, 1.82) is 0 Å². The Morgan fingerprint density at radius 1 is 1.10 bits per heavy atom. The van der Waals surface area contributed by atoms with Gasteiger partial charge in [0.15, 0.2) is 6.10 Å². The number of carbonyl (C=O) groups excluding carboxylic acids is 3. The first-order valence-corrected chi connectivity index (χ1v) is 14.5. The summed E-state index contributed by atoms with van der Waals surface area (Å²) in [4.78, 5) is 48.3. The van der Waals surface area contributed by atoms with E-state index in [1.807, 2.05) is 78.9 Å². The molecule has 0 saturated carbocycles. The maximum atomic E-state index is 13.9. The average molecular weight is 584 g/mol. The Morgan fingerprint density at radius 3 is 2.43 bits per heavy atom. The molecule has 6 rings (SSSR count). The van der Waals surface area contributed by atoms with Crippen LogP contribution in [0.4, 0.5) is 5.95 Å². The van der Waals surface area contributed by atoms with E-state index in [0.717, 1.165) is 27.7 Å². The van der Waals surface area contributed by atoms with Crippen LogP contribution in [0.3, 0.4) is 0 Å². The number of benzene rings is 3.